The molecule has 1 aromatic rings. The van der Waals surface area contributed by atoms with Gasteiger partial charge in [0.1, 0.15) is 12.4 Å². The fraction of sp³-hybridized carbons (Fsp3) is 0.182. The Morgan fingerprint density at radius 3 is 2.87 bits per heavy atom. The summed E-state index contributed by atoms with van der Waals surface area (Å²) in [5.74, 6) is -0.486. The topological polar surface area (TPSA) is 46.5 Å². The van der Waals surface area contributed by atoms with Crippen molar-refractivity contribution in [2.24, 2.45) is 0 Å². The van der Waals surface area contributed by atoms with Crippen molar-refractivity contribution in [3.63, 3.8) is 0 Å². The van der Waals surface area contributed by atoms with Crippen LogP contribution >= 0.6 is 11.6 Å². The molecular formula is C11H11ClO3. The quantitative estimate of drug-likeness (QED) is 0.803. The van der Waals surface area contributed by atoms with Crippen molar-refractivity contribution in [3.05, 3.63) is 40.9 Å². The maximum Gasteiger partial charge on any atom is 0.334 e. The van der Waals surface area contributed by atoms with Crippen molar-refractivity contribution in [2.45, 2.75) is 6.92 Å². The van der Waals surface area contributed by atoms with Crippen molar-refractivity contribution in [3.8, 4) is 5.75 Å². The first-order valence-electron chi connectivity index (χ1n) is 4.30. The predicted octanol–water partition coefficient (Wildman–Crippen LogP) is 2.67. The molecule has 1 rings (SSSR count). The molecule has 0 aliphatic heterocycles. The van der Waals surface area contributed by atoms with E-state index in [2.05, 4.69) is 6.58 Å². The van der Waals surface area contributed by atoms with Crippen LogP contribution in [0.25, 0.3) is 0 Å². The van der Waals surface area contributed by atoms with E-state index in [9.17, 15) is 4.79 Å². The third-order valence-corrected chi connectivity index (χ3v) is 2.09. The van der Waals surface area contributed by atoms with Crippen LogP contribution in [0.3, 0.4) is 0 Å². The zero-order valence-corrected chi connectivity index (χ0v) is 9.04. The van der Waals surface area contributed by atoms with Gasteiger partial charge in [-0.15, -0.1) is 0 Å². The number of carbonyl (C=O) groups is 1. The van der Waals surface area contributed by atoms with Gasteiger partial charge in [0.05, 0.1) is 5.57 Å². The summed E-state index contributed by atoms with van der Waals surface area (Å²) in [6, 6.07) is 5.20. The number of carboxylic acid groups (broad SMARTS) is 1. The third-order valence-electron chi connectivity index (χ3n) is 1.85. The van der Waals surface area contributed by atoms with Gasteiger partial charge in [0, 0.05) is 5.02 Å². The molecule has 1 N–H and O–H groups in total. The van der Waals surface area contributed by atoms with Crippen LogP contribution in [0.5, 0.6) is 5.75 Å². The second-order valence-electron chi connectivity index (χ2n) is 3.11. The van der Waals surface area contributed by atoms with Gasteiger partial charge in [-0.3, -0.25) is 0 Å². The van der Waals surface area contributed by atoms with Crippen LogP contribution in [-0.2, 0) is 4.79 Å². The highest BCUT2D eigenvalue weighted by molar-refractivity contribution is 6.30. The molecule has 0 atom stereocenters. The molecule has 4 heteroatoms. The summed E-state index contributed by atoms with van der Waals surface area (Å²) in [5, 5.41) is 9.13. The molecule has 0 unspecified atom stereocenters. The average molecular weight is 227 g/mol. The molecule has 15 heavy (non-hydrogen) atoms. The molecule has 0 fully saturated rings. The van der Waals surface area contributed by atoms with Crippen molar-refractivity contribution in [2.75, 3.05) is 6.61 Å². The van der Waals surface area contributed by atoms with E-state index in [0.29, 0.717) is 10.8 Å². The van der Waals surface area contributed by atoms with Gasteiger partial charge >= 0.3 is 5.97 Å². The molecule has 0 saturated carbocycles. The summed E-state index contributed by atoms with van der Waals surface area (Å²) in [7, 11) is 0. The van der Waals surface area contributed by atoms with Gasteiger partial charge in [0.15, 0.2) is 0 Å². The molecule has 0 aliphatic rings. The van der Waals surface area contributed by atoms with E-state index in [1.807, 2.05) is 6.92 Å². The van der Waals surface area contributed by atoms with E-state index >= 15 is 0 Å². The zero-order chi connectivity index (χ0) is 11.4. The fourth-order valence-corrected chi connectivity index (χ4v) is 1.12. The van der Waals surface area contributed by atoms with Gasteiger partial charge in [-0.25, -0.2) is 4.79 Å². The Morgan fingerprint density at radius 2 is 2.27 bits per heavy atom. The lowest BCUT2D eigenvalue weighted by Gasteiger charge is -2.08. The van der Waals surface area contributed by atoms with Crippen LogP contribution in [0.15, 0.2) is 30.4 Å². The van der Waals surface area contributed by atoms with E-state index in [0.717, 1.165) is 5.56 Å². The zero-order valence-electron chi connectivity index (χ0n) is 8.29. The number of ether oxygens (including phenoxy) is 1. The SMILES string of the molecule is C=C(COc1cc(Cl)ccc1C)C(=O)O. The number of hydrogen-bond acceptors (Lipinski definition) is 2. The molecule has 0 spiro atoms. The summed E-state index contributed by atoms with van der Waals surface area (Å²) in [4.78, 5) is 10.5. The minimum absolute atomic E-state index is 0.00868. The highest BCUT2D eigenvalue weighted by Gasteiger charge is 2.06. The second-order valence-corrected chi connectivity index (χ2v) is 3.54. The molecule has 0 heterocycles. The monoisotopic (exact) mass is 226 g/mol. The van der Waals surface area contributed by atoms with Crippen molar-refractivity contribution in [1.82, 2.24) is 0 Å². The molecule has 0 amide bonds. The lowest BCUT2D eigenvalue weighted by molar-refractivity contribution is -0.133. The minimum atomic E-state index is -1.06. The van der Waals surface area contributed by atoms with Crippen LogP contribution in [0.2, 0.25) is 5.02 Å². The molecule has 0 aromatic heterocycles. The van der Waals surface area contributed by atoms with Crippen LogP contribution < -0.4 is 4.74 Å². The molecule has 80 valence electrons. The first-order chi connectivity index (χ1) is 7.00. The summed E-state index contributed by atoms with van der Waals surface area (Å²) in [6.45, 7) is 5.18. The summed E-state index contributed by atoms with van der Waals surface area (Å²) < 4.78 is 5.28. The molecular weight excluding hydrogens is 216 g/mol. The van der Waals surface area contributed by atoms with Gasteiger partial charge in [-0.1, -0.05) is 24.2 Å². The number of halogens is 1. The molecule has 0 radical (unpaired) electrons. The van der Waals surface area contributed by atoms with Gasteiger partial charge in [0.2, 0.25) is 0 Å². The molecule has 0 bridgehead atoms. The van der Waals surface area contributed by atoms with E-state index in [-0.39, 0.29) is 12.2 Å². The Labute approximate surface area is 92.9 Å². The summed E-state index contributed by atoms with van der Waals surface area (Å²) in [6.07, 6.45) is 0. The number of benzene rings is 1. The highest BCUT2D eigenvalue weighted by Crippen LogP contribution is 2.22. The fourth-order valence-electron chi connectivity index (χ4n) is 0.956. The Morgan fingerprint density at radius 1 is 1.60 bits per heavy atom. The van der Waals surface area contributed by atoms with Crippen molar-refractivity contribution < 1.29 is 14.6 Å². The number of rotatable bonds is 4. The number of aliphatic carboxylic acids is 1. The summed E-state index contributed by atoms with van der Waals surface area (Å²) >= 11 is 5.78. The first kappa shape index (κ1) is 11.6. The Bertz CT molecular complexity index is 399. The summed E-state index contributed by atoms with van der Waals surface area (Å²) in [5.41, 5.74) is 0.909. The first-order valence-corrected chi connectivity index (χ1v) is 4.68. The average Bonchev–Trinajstić information content (AvgIpc) is 2.18. The van der Waals surface area contributed by atoms with Gasteiger partial charge < -0.3 is 9.84 Å². The largest absolute Gasteiger partial charge is 0.488 e. The van der Waals surface area contributed by atoms with Crippen LogP contribution in [-0.4, -0.2) is 17.7 Å². The van der Waals surface area contributed by atoms with Crippen molar-refractivity contribution in [1.29, 1.82) is 0 Å². The van der Waals surface area contributed by atoms with Crippen LogP contribution in [0.4, 0.5) is 0 Å². The lowest BCUT2D eigenvalue weighted by atomic mass is 10.2. The van der Waals surface area contributed by atoms with Crippen LogP contribution in [0.1, 0.15) is 5.56 Å². The second kappa shape index (κ2) is 4.84. The maximum atomic E-state index is 10.5. The van der Waals surface area contributed by atoms with Crippen molar-refractivity contribution >= 4 is 17.6 Å². The molecule has 3 nitrogen and oxygen atoms in total. The normalized spacial score (nSPS) is 9.73. The van der Waals surface area contributed by atoms with Crippen LogP contribution in [0, 0.1) is 6.92 Å². The molecule has 0 saturated heterocycles. The molecule has 0 aliphatic carbocycles. The Hall–Kier alpha value is -1.48. The molecule has 1 aromatic carbocycles. The van der Waals surface area contributed by atoms with Gasteiger partial charge in [-0.2, -0.15) is 0 Å². The van der Waals surface area contributed by atoms with E-state index in [1.165, 1.54) is 0 Å². The van der Waals surface area contributed by atoms with Gasteiger partial charge in [-0.05, 0) is 24.6 Å². The van der Waals surface area contributed by atoms with E-state index < -0.39 is 5.97 Å². The highest BCUT2D eigenvalue weighted by atomic mass is 35.5. The smallest absolute Gasteiger partial charge is 0.334 e. The van der Waals surface area contributed by atoms with E-state index in [1.54, 1.807) is 18.2 Å². The number of carboxylic acids is 1. The predicted molar refractivity (Wildman–Crippen MR) is 58.5 cm³/mol. The standard InChI is InChI=1S/C11H11ClO3/c1-7-3-4-9(12)5-10(7)15-6-8(2)11(13)14/h3-5H,2,6H2,1H3,(H,13,14). The third kappa shape index (κ3) is 3.29. The van der Waals surface area contributed by atoms with Gasteiger partial charge in [0.25, 0.3) is 0 Å². The number of hydrogen-bond donors (Lipinski definition) is 1. The Kier molecular flexibility index (Phi) is 3.74. The maximum absolute atomic E-state index is 10.5. The number of aryl methyl sites for hydroxylation is 1. The minimum Gasteiger partial charge on any atom is -0.488 e. The van der Waals surface area contributed by atoms with E-state index in [4.69, 9.17) is 21.4 Å². The lowest BCUT2D eigenvalue weighted by Crippen LogP contribution is -2.09. The Balaban J connectivity index is 2.69.